The SMILES string of the molecule is Cc1cc(Br)c(F)cc1NS(=O)(=O)CC1CCNCC1. The van der Waals surface area contributed by atoms with Crippen molar-refractivity contribution < 1.29 is 12.8 Å². The van der Waals surface area contributed by atoms with E-state index in [0.717, 1.165) is 25.9 Å². The molecule has 0 spiro atoms. The number of sulfonamides is 1. The lowest BCUT2D eigenvalue weighted by Crippen LogP contribution is -2.33. The highest BCUT2D eigenvalue weighted by Crippen LogP contribution is 2.25. The minimum Gasteiger partial charge on any atom is -0.317 e. The van der Waals surface area contributed by atoms with E-state index in [1.807, 2.05) is 0 Å². The second-order valence-electron chi connectivity index (χ2n) is 5.16. The zero-order chi connectivity index (χ0) is 14.8. The number of halogens is 2. The molecule has 112 valence electrons. The molecule has 20 heavy (non-hydrogen) atoms. The lowest BCUT2D eigenvalue weighted by atomic mass is 10.0. The highest BCUT2D eigenvalue weighted by atomic mass is 79.9. The summed E-state index contributed by atoms with van der Waals surface area (Å²) in [5, 5.41) is 3.20. The third-order valence-electron chi connectivity index (χ3n) is 3.45. The summed E-state index contributed by atoms with van der Waals surface area (Å²) in [5.41, 5.74) is 0.992. The quantitative estimate of drug-likeness (QED) is 0.863. The number of benzene rings is 1. The molecular formula is C13H18BrFN2O2S. The van der Waals surface area contributed by atoms with Crippen LogP contribution in [0.5, 0.6) is 0 Å². The molecule has 0 unspecified atom stereocenters. The Morgan fingerprint density at radius 3 is 2.70 bits per heavy atom. The summed E-state index contributed by atoms with van der Waals surface area (Å²) in [5.74, 6) is -0.226. The smallest absolute Gasteiger partial charge is 0.233 e. The van der Waals surface area contributed by atoms with Crippen LogP contribution in [0.1, 0.15) is 18.4 Å². The van der Waals surface area contributed by atoms with Gasteiger partial charge in [0.05, 0.1) is 15.9 Å². The predicted molar refractivity (Wildman–Crippen MR) is 81.8 cm³/mol. The van der Waals surface area contributed by atoms with E-state index in [1.54, 1.807) is 13.0 Å². The van der Waals surface area contributed by atoms with Gasteiger partial charge >= 0.3 is 0 Å². The van der Waals surface area contributed by atoms with E-state index in [-0.39, 0.29) is 11.7 Å². The van der Waals surface area contributed by atoms with Crippen LogP contribution in [0.3, 0.4) is 0 Å². The van der Waals surface area contributed by atoms with Crippen LogP contribution in [0.2, 0.25) is 0 Å². The lowest BCUT2D eigenvalue weighted by Gasteiger charge is -2.22. The molecule has 1 fully saturated rings. The molecule has 4 nitrogen and oxygen atoms in total. The standard InChI is InChI=1S/C13H18BrFN2O2S/c1-9-6-11(14)12(15)7-13(9)17-20(18,19)8-10-2-4-16-5-3-10/h6-7,10,16-17H,2-5,8H2,1H3. The van der Waals surface area contributed by atoms with Gasteiger partial charge in [-0.3, -0.25) is 4.72 Å². The van der Waals surface area contributed by atoms with E-state index in [4.69, 9.17) is 0 Å². The summed E-state index contributed by atoms with van der Waals surface area (Å²) >= 11 is 3.08. The molecule has 1 aliphatic rings. The van der Waals surface area contributed by atoms with Crippen LogP contribution in [0.25, 0.3) is 0 Å². The lowest BCUT2D eigenvalue weighted by molar-refractivity contribution is 0.402. The third kappa shape index (κ3) is 4.17. The summed E-state index contributed by atoms with van der Waals surface area (Å²) in [4.78, 5) is 0. The van der Waals surface area contributed by atoms with E-state index in [1.165, 1.54) is 6.07 Å². The highest BCUT2D eigenvalue weighted by Gasteiger charge is 2.22. The summed E-state index contributed by atoms with van der Waals surface area (Å²) in [7, 11) is -3.45. The van der Waals surface area contributed by atoms with Crippen LogP contribution in [0.15, 0.2) is 16.6 Å². The molecule has 0 aromatic heterocycles. The molecule has 1 aliphatic heterocycles. The van der Waals surface area contributed by atoms with E-state index in [2.05, 4.69) is 26.0 Å². The van der Waals surface area contributed by atoms with Crippen molar-refractivity contribution in [3.63, 3.8) is 0 Å². The van der Waals surface area contributed by atoms with Crippen molar-refractivity contribution in [3.8, 4) is 0 Å². The Balaban J connectivity index is 2.09. The Hall–Kier alpha value is -0.660. The fourth-order valence-electron chi connectivity index (χ4n) is 2.32. The molecule has 0 amide bonds. The Kier molecular flexibility index (Phi) is 5.04. The topological polar surface area (TPSA) is 58.2 Å². The minimum atomic E-state index is -3.45. The van der Waals surface area contributed by atoms with Crippen LogP contribution < -0.4 is 10.0 Å². The van der Waals surface area contributed by atoms with Gasteiger partial charge in [-0.2, -0.15) is 0 Å². The Labute approximate surface area is 127 Å². The van der Waals surface area contributed by atoms with Crippen molar-refractivity contribution in [2.45, 2.75) is 19.8 Å². The fourth-order valence-corrected chi connectivity index (χ4v) is 4.37. The molecule has 0 saturated carbocycles. The van der Waals surface area contributed by atoms with Gasteiger partial charge < -0.3 is 5.32 Å². The number of hydrogen-bond acceptors (Lipinski definition) is 3. The van der Waals surface area contributed by atoms with Gasteiger partial charge in [0, 0.05) is 0 Å². The van der Waals surface area contributed by atoms with Gasteiger partial charge in [0.2, 0.25) is 10.0 Å². The summed E-state index contributed by atoms with van der Waals surface area (Å²) in [6, 6.07) is 2.77. The average Bonchev–Trinajstić information content (AvgIpc) is 2.36. The zero-order valence-electron chi connectivity index (χ0n) is 11.2. The maximum Gasteiger partial charge on any atom is 0.233 e. The van der Waals surface area contributed by atoms with Gasteiger partial charge in [0.1, 0.15) is 5.82 Å². The molecule has 2 rings (SSSR count). The molecular weight excluding hydrogens is 347 g/mol. The Morgan fingerprint density at radius 2 is 2.05 bits per heavy atom. The second-order valence-corrected chi connectivity index (χ2v) is 7.78. The van der Waals surface area contributed by atoms with E-state index >= 15 is 0 Å². The number of rotatable bonds is 4. The van der Waals surface area contributed by atoms with Crippen LogP contribution >= 0.6 is 15.9 Å². The highest BCUT2D eigenvalue weighted by molar-refractivity contribution is 9.10. The Bertz CT molecular complexity index is 586. The van der Waals surface area contributed by atoms with Crippen molar-refractivity contribution >= 4 is 31.6 Å². The van der Waals surface area contributed by atoms with E-state index in [0.29, 0.717) is 15.7 Å². The first kappa shape index (κ1) is 15.7. The molecule has 1 aromatic carbocycles. The first-order valence-corrected chi connectivity index (χ1v) is 8.99. The van der Waals surface area contributed by atoms with Crippen molar-refractivity contribution in [1.82, 2.24) is 5.32 Å². The summed E-state index contributed by atoms with van der Waals surface area (Å²) in [6.07, 6.45) is 1.71. The third-order valence-corrected chi connectivity index (χ3v) is 5.50. The minimum absolute atomic E-state index is 0.0891. The molecule has 7 heteroatoms. The first-order chi connectivity index (χ1) is 9.37. The predicted octanol–water partition coefficient (Wildman–Crippen LogP) is 2.64. The molecule has 0 radical (unpaired) electrons. The fraction of sp³-hybridized carbons (Fsp3) is 0.538. The first-order valence-electron chi connectivity index (χ1n) is 6.54. The largest absolute Gasteiger partial charge is 0.317 e. The maximum atomic E-state index is 13.5. The Morgan fingerprint density at radius 1 is 1.40 bits per heavy atom. The molecule has 2 N–H and O–H groups in total. The number of hydrogen-bond donors (Lipinski definition) is 2. The average molecular weight is 365 g/mol. The molecule has 1 aromatic rings. The molecule has 1 saturated heterocycles. The van der Waals surface area contributed by atoms with E-state index < -0.39 is 15.8 Å². The van der Waals surface area contributed by atoms with Gasteiger partial charge in [0.15, 0.2) is 0 Å². The van der Waals surface area contributed by atoms with Crippen molar-refractivity contribution in [3.05, 3.63) is 28.0 Å². The number of nitrogens with one attached hydrogen (secondary N) is 2. The normalized spacial score (nSPS) is 17.1. The van der Waals surface area contributed by atoms with Crippen LogP contribution in [0, 0.1) is 18.7 Å². The van der Waals surface area contributed by atoms with Crippen LogP contribution in [-0.2, 0) is 10.0 Å². The van der Waals surface area contributed by atoms with Crippen molar-refractivity contribution in [1.29, 1.82) is 0 Å². The van der Waals surface area contributed by atoms with Gasteiger partial charge in [-0.15, -0.1) is 0 Å². The monoisotopic (exact) mass is 364 g/mol. The van der Waals surface area contributed by atoms with Gasteiger partial charge in [-0.25, -0.2) is 12.8 Å². The molecule has 0 bridgehead atoms. The molecule has 0 atom stereocenters. The second kappa shape index (κ2) is 6.41. The van der Waals surface area contributed by atoms with E-state index in [9.17, 15) is 12.8 Å². The maximum absolute atomic E-state index is 13.5. The number of anilines is 1. The van der Waals surface area contributed by atoms with Crippen molar-refractivity contribution in [2.24, 2.45) is 5.92 Å². The number of aryl methyl sites for hydroxylation is 1. The molecule has 1 heterocycles. The summed E-state index contributed by atoms with van der Waals surface area (Å²) in [6.45, 7) is 3.45. The number of piperidine rings is 1. The van der Waals surface area contributed by atoms with Gasteiger partial charge in [0.25, 0.3) is 0 Å². The van der Waals surface area contributed by atoms with Gasteiger partial charge in [-0.1, -0.05) is 0 Å². The molecule has 0 aliphatic carbocycles. The summed E-state index contributed by atoms with van der Waals surface area (Å²) < 4.78 is 40.6. The van der Waals surface area contributed by atoms with Gasteiger partial charge in [-0.05, 0) is 72.4 Å². The zero-order valence-corrected chi connectivity index (χ0v) is 13.7. The van der Waals surface area contributed by atoms with Crippen LogP contribution in [-0.4, -0.2) is 27.3 Å². The van der Waals surface area contributed by atoms with Crippen molar-refractivity contribution in [2.75, 3.05) is 23.6 Å². The van der Waals surface area contributed by atoms with Crippen LogP contribution in [0.4, 0.5) is 10.1 Å².